The number of nitrogens with zero attached hydrogens (tertiary/aromatic N) is 5. The van der Waals surface area contributed by atoms with Gasteiger partial charge >= 0.3 is 0 Å². The Morgan fingerprint density at radius 1 is 1.17 bits per heavy atom. The van der Waals surface area contributed by atoms with Gasteiger partial charge in [-0.1, -0.05) is 0 Å². The highest BCUT2D eigenvalue weighted by Crippen LogP contribution is 2.21. The van der Waals surface area contributed by atoms with Crippen LogP contribution in [0.1, 0.15) is 29.8 Å². The summed E-state index contributed by atoms with van der Waals surface area (Å²) in [5, 5.41) is 9.65. The molecule has 0 amide bonds. The van der Waals surface area contributed by atoms with E-state index in [-0.39, 0.29) is 6.10 Å². The molecule has 0 radical (unpaired) electrons. The summed E-state index contributed by atoms with van der Waals surface area (Å²) in [6.45, 7) is 6.48. The number of hydrogen-bond donors (Lipinski definition) is 1. The number of hydrogen-bond acceptors (Lipinski definition) is 6. The summed E-state index contributed by atoms with van der Waals surface area (Å²) in [7, 11) is 2.02. The number of rotatable bonds is 4. The Morgan fingerprint density at radius 2 is 1.92 bits per heavy atom. The molecular formula is C18H25N5O. The normalized spacial score (nSPS) is 15.6. The van der Waals surface area contributed by atoms with E-state index in [0.717, 1.165) is 49.0 Å². The molecule has 0 aromatic carbocycles. The van der Waals surface area contributed by atoms with Crippen molar-refractivity contribution in [2.45, 2.75) is 39.3 Å². The molecule has 1 saturated heterocycles. The highest BCUT2D eigenvalue weighted by molar-refractivity contribution is 5.50. The molecule has 0 atom stereocenters. The third-order valence-electron chi connectivity index (χ3n) is 4.37. The van der Waals surface area contributed by atoms with Gasteiger partial charge in [0.1, 0.15) is 18.0 Å². The summed E-state index contributed by atoms with van der Waals surface area (Å²) in [4.78, 5) is 17.7. The lowest BCUT2D eigenvalue weighted by Gasteiger charge is -2.31. The van der Waals surface area contributed by atoms with E-state index in [1.165, 1.54) is 5.56 Å². The summed E-state index contributed by atoms with van der Waals surface area (Å²) in [5.41, 5.74) is 3.30. The number of aryl methyl sites for hydroxylation is 2. The van der Waals surface area contributed by atoms with E-state index in [2.05, 4.69) is 43.8 Å². The van der Waals surface area contributed by atoms with Crippen LogP contribution in [0.15, 0.2) is 24.5 Å². The van der Waals surface area contributed by atoms with Crippen molar-refractivity contribution in [2.24, 2.45) is 0 Å². The van der Waals surface area contributed by atoms with Crippen molar-refractivity contribution in [1.29, 1.82) is 0 Å². The minimum atomic E-state index is -0.180. The summed E-state index contributed by atoms with van der Waals surface area (Å²) in [6.07, 6.45) is 3.02. The molecule has 0 spiro atoms. The Hall–Kier alpha value is -2.21. The molecule has 0 bridgehead atoms. The van der Waals surface area contributed by atoms with Crippen LogP contribution < -0.4 is 9.80 Å². The fraction of sp³-hybridized carbons (Fsp3) is 0.500. The Bertz CT molecular complexity index is 677. The second-order valence-corrected chi connectivity index (χ2v) is 6.59. The van der Waals surface area contributed by atoms with Crippen molar-refractivity contribution < 1.29 is 5.11 Å². The molecule has 3 rings (SSSR count). The average molecular weight is 327 g/mol. The zero-order valence-corrected chi connectivity index (χ0v) is 14.6. The van der Waals surface area contributed by atoms with Gasteiger partial charge in [-0.25, -0.2) is 9.97 Å². The van der Waals surface area contributed by atoms with Gasteiger partial charge < -0.3 is 14.9 Å². The molecular weight excluding hydrogens is 302 g/mol. The van der Waals surface area contributed by atoms with Gasteiger partial charge in [-0.05, 0) is 44.4 Å². The van der Waals surface area contributed by atoms with Crippen molar-refractivity contribution >= 4 is 11.6 Å². The van der Waals surface area contributed by atoms with E-state index in [1.54, 1.807) is 6.33 Å². The van der Waals surface area contributed by atoms with Crippen molar-refractivity contribution in [3.05, 3.63) is 41.5 Å². The molecule has 2 aromatic heterocycles. The molecule has 3 heterocycles. The first kappa shape index (κ1) is 16.6. The number of aliphatic hydroxyl groups is 1. The van der Waals surface area contributed by atoms with Crippen LogP contribution in [0, 0.1) is 13.8 Å². The first-order chi connectivity index (χ1) is 11.5. The predicted octanol–water partition coefficient (Wildman–Crippen LogP) is 2.09. The fourth-order valence-corrected chi connectivity index (χ4v) is 3.14. The lowest BCUT2D eigenvalue weighted by atomic mass is 10.1. The summed E-state index contributed by atoms with van der Waals surface area (Å²) in [5.74, 6) is 1.80. The zero-order valence-electron chi connectivity index (χ0n) is 14.6. The molecule has 0 saturated carbocycles. The van der Waals surface area contributed by atoms with Crippen LogP contribution in [-0.2, 0) is 6.54 Å². The van der Waals surface area contributed by atoms with Gasteiger partial charge in [-0.2, -0.15) is 0 Å². The van der Waals surface area contributed by atoms with Gasteiger partial charge in [0.2, 0.25) is 0 Å². The minimum absolute atomic E-state index is 0.180. The van der Waals surface area contributed by atoms with Gasteiger partial charge in [0.15, 0.2) is 0 Å². The van der Waals surface area contributed by atoms with Gasteiger partial charge in [-0.15, -0.1) is 0 Å². The van der Waals surface area contributed by atoms with E-state index in [0.29, 0.717) is 6.54 Å². The molecule has 1 fully saturated rings. The second-order valence-electron chi connectivity index (χ2n) is 6.59. The molecule has 24 heavy (non-hydrogen) atoms. The molecule has 1 N–H and O–H groups in total. The first-order valence-electron chi connectivity index (χ1n) is 8.41. The van der Waals surface area contributed by atoms with Gasteiger partial charge in [0, 0.05) is 31.9 Å². The highest BCUT2D eigenvalue weighted by atomic mass is 16.3. The van der Waals surface area contributed by atoms with Crippen LogP contribution in [0.2, 0.25) is 0 Å². The van der Waals surface area contributed by atoms with Crippen LogP contribution >= 0.6 is 0 Å². The largest absolute Gasteiger partial charge is 0.393 e. The maximum atomic E-state index is 9.65. The Kier molecular flexibility index (Phi) is 4.94. The molecule has 0 unspecified atom stereocenters. The second kappa shape index (κ2) is 7.13. The molecule has 1 aliphatic rings. The molecule has 6 heteroatoms. The lowest BCUT2D eigenvalue weighted by molar-refractivity contribution is 0.145. The number of aliphatic hydroxyl groups excluding tert-OH is 1. The fourth-order valence-electron chi connectivity index (χ4n) is 3.14. The lowest BCUT2D eigenvalue weighted by Crippen LogP contribution is -2.36. The minimum Gasteiger partial charge on any atom is -0.393 e. The molecule has 0 aliphatic carbocycles. The maximum Gasteiger partial charge on any atom is 0.134 e. The standard InChI is InChI=1S/C18H25N5O/c1-13-8-14(2)21-15(9-13)11-22(3)17-10-18(20-12-19-17)23-6-4-16(24)5-7-23/h8-10,12,16,24H,4-7,11H2,1-3H3. The van der Waals surface area contributed by atoms with Crippen molar-refractivity contribution in [3.8, 4) is 0 Å². The van der Waals surface area contributed by atoms with Gasteiger partial charge in [0.05, 0.1) is 18.3 Å². The van der Waals surface area contributed by atoms with E-state index in [1.807, 2.05) is 20.0 Å². The van der Waals surface area contributed by atoms with Crippen LogP contribution in [0.3, 0.4) is 0 Å². The number of piperidine rings is 1. The van der Waals surface area contributed by atoms with E-state index in [9.17, 15) is 5.11 Å². The van der Waals surface area contributed by atoms with Gasteiger partial charge in [0.25, 0.3) is 0 Å². The van der Waals surface area contributed by atoms with Crippen LogP contribution in [0.4, 0.5) is 11.6 Å². The van der Waals surface area contributed by atoms with Crippen LogP contribution in [0.25, 0.3) is 0 Å². The van der Waals surface area contributed by atoms with Crippen molar-refractivity contribution in [2.75, 3.05) is 29.9 Å². The highest BCUT2D eigenvalue weighted by Gasteiger charge is 2.19. The molecule has 128 valence electrons. The maximum absolute atomic E-state index is 9.65. The number of anilines is 2. The summed E-state index contributed by atoms with van der Waals surface area (Å²) in [6, 6.07) is 6.20. The Labute approximate surface area is 143 Å². The zero-order chi connectivity index (χ0) is 17.1. The van der Waals surface area contributed by atoms with Crippen molar-refractivity contribution in [3.63, 3.8) is 0 Å². The van der Waals surface area contributed by atoms with Crippen LogP contribution in [-0.4, -0.2) is 46.3 Å². The van der Waals surface area contributed by atoms with E-state index in [4.69, 9.17) is 0 Å². The monoisotopic (exact) mass is 327 g/mol. The van der Waals surface area contributed by atoms with E-state index < -0.39 is 0 Å². The Morgan fingerprint density at radius 3 is 2.62 bits per heavy atom. The summed E-state index contributed by atoms with van der Waals surface area (Å²) >= 11 is 0. The predicted molar refractivity (Wildman–Crippen MR) is 95.3 cm³/mol. The van der Waals surface area contributed by atoms with Crippen molar-refractivity contribution in [1.82, 2.24) is 15.0 Å². The number of pyridine rings is 1. The van der Waals surface area contributed by atoms with Gasteiger partial charge in [-0.3, -0.25) is 4.98 Å². The SMILES string of the molecule is Cc1cc(C)nc(CN(C)c2cc(N3CCC(O)CC3)ncn2)c1. The first-order valence-corrected chi connectivity index (χ1v) is 8.41. The quantitative estimate of drug-likeness (QED) is 0.927. The Balaban J connectivity index is 1.73. The molecule has 2 aromatic rings. The summed E-state index contributed by atoms with van der Waals surface area (Å²) < 4.78 is 0. The third-order valence-corrected chi connectivity index (χ3v) is 4.37. The van der Waals surface area contributed by atoms with Crippen LogP contribution in [0.5, 0.6) is 0 Å². The molecule has 6 nitrogen and oxygen atoms in total. The topological polar surface area (TPSA) is 65.4 Å². The third kappa shape index (κ3) is 4.00. The average Bonchev–Trinajstić information content (AvgIpc) is 2.54. The van der Waals surface area contributed by atoms with E-state index >= 15 is 0 Å². The molecule has 1 aliphatic heterocycles. The smallest absolute Gasteiger partial charge is 0.134 e. The number of aromatic nitrogens is 3.